The van der Waals surface area contributed by atoms with Crippen LogP contribution >= 0.6 is 24.0 Å². The summed E-state index contributed by atoms with van der Waals surface area (Å²) >= 11 is 0. The molecular formula is C20H33IN4O2. The summed E-state index contributed by atoms with van der Waals surface area (Å²) in [4.78, 5) is 18.6. The van der Waals surface area contributed by atoms with E-state index in [0.717, 1.165) is 32.0 Å². The first kappa shape index (κ1) is 23.5. The third kappa shape index (κ3) is 8.36. The Labute approximate surface area is 180 Å². The van der Waals surface area contributed by atoms with Crippen molar-refractivity contribution in [3.8, 4) is 0 Å². The summed E-state index contributed by atoms with van der Waals surface area (Å²) in [5.74, 6) is 1.46. The van der Waals surface area contributed by atoms with E-state index in [1.807, 2.05) is 20.8 Å². The standard InChI is InChI=1S/C20H32N4O2.HI/c1-5-21-18(22-12-13-23-19(25)26-20(2,3)4)24-14-11-17(15-24)16-9-7-6-8-10-16;/h6-10,17H,5,11-15H2,1-4H3,(H,21,22)(H,23,25);1H. The quantitative estimate of drug-likeness (QED) is 0.288. The highest BCUT2D eigenvalue weighted by molar-refractivity contribution is 14.0. The number of carbonyl (C=O) groups is 1. The second-order valence-corrected chi connectivity index (χ2v) is 7.51. The monoisotopic (exact) mass is 488 g/mol. The maximum atomic E-state index is 11.7. The summed E-state index contributed by atoms with van der Waals surface area (Å²) in [6.45, 7) is 11.4. The molecule has 1 aliphatic heterocycles. The van der Waals surface area contributed by atoms with Crippen LogP contribution in [-0.4, -0.2) is 55.3 Å². The summed E-state index contributed by atoms with van der Waals surface area (Å²) in [5, 5.41) is 6.10. The molecule has 1 amide bonds. The Hall–Kier alpha value is -1.51. The van der Waals surface area contributed by atoms with Gasteiger partial charge in [-0.25, -0.2) is 4.79 Å². The molecule has 1 aliphatic rings. The largest absolute Gasteiger partial charge is 0.444 e. The van der Waals surface area contributed by atoms with Gasteiger partial charge in [-0.15, -0.1) is 24.0 Å². The zero-order valence-electron chi connectivity index (χ0n) is 16.8. The zero-order chi connectivity index (χ0) is 19.0. The Bertz CT molecular complexity index is 602. The maximum absolute atomic E-state index is 11.7. The molecule has 0 saturated carbocycles. The number of aliphatic imine (C=N–C) groups is 1. The van der Waals surface area contributed by atoms with Gasteiger partial charge in [-0.05, 0) is 39.7 Å². The highest BCUT2D eigenvalue weighted by Crippen LogP contribution is 2.26. The van der Waals surface area contributed by atoms with E-state index in [1.54, 1.807) is 0 Å². The first-order chi connectivity index (χ1) is 12.4. The molecule has 1 saturated heterocycles. The van der Waals surface area contributed by atoms with E-state index < -0.39 is 11.7 Å². The van der Waals surface area contributed by atoms with Gasteiger partial charge in [-0.1, -0.05) is 30.3 Å². The van der Waals surface area contributed by atoms with Gasteiger partial charge in [0.15, 0.2) is 5.96 Å². The third-order valence-corrected chi connectivity index (χ3v) is 4.14. The molecule has 0 bridgehead atoms. The van der Waals surface area contributed by atoms with Crippen LogP contribution in [0.4, 0.5) is 4.79 Å². The number of carbonyl (C=O) groups excluding carboxylic acids is 1. The Morgan fingerprint density at radius 2 is 1.96 bits per heavy atom. The molecule has 0 spiro atoms. The number of hydrogen-bond acceptors (Lipinski definition) is 3. The van der Waals surface area contributed by atoms with Gasteiger partial charge in [0.2, 0.25) is 0 Å². The van der Waals surface area contributed by atoms with E-state index in [4.69, 9.17) is 4.74 Å². The van der Waals surface area contributed by atoms with Crippen molar-refractivity contribution in [1.29, 1.82) is 0 Å². The highest BCUT2D eigenvalue weighted by atomic mass is 127. The van der Waals surface area contributed by atoms with Gasteiger partial charge in [-0.2, -0.15) is 0 Å². The van der Waals surface area contributed by atoms with Gasteiger partial charge < -0.3 is 20.3 Å². The lowest BCUT2D eigenvalue weighted by atomic mass is 9.99. The number of benzene rings is 1. The van der Waals surface area contributed by atoms with Crippen LogP contribution in [-0.2, 0) is 4.74 Å². The van der Waals surface area contributed by atoms with Crippen LogP contribution in [0.25, 0.3) is 0 Å². The van der Waals surface area contributed by atoms with E-state index in [2.05, 4.69) is 57.8 Å². The minimum Gasteiger partial charge on any atom is -0.444 e. The number of alkyl carbamates (subject to hydrolysis) is 1. The summed E-state index contributed by atoms with van der Waals surface area (Å²) < 4.78 is 5.23. The fourth-order valence-electron chi connectivity index (χ4n) is 3.01. The summed E-state index contributed by atoms with van der Waals surface area (Å²) in [5.41, 5.74) is 0.905. The van der Waals surface area contributed by atoms with Gasteiger partial charge in [-0.3, -0.25) is 4.99 Å². The first-order valence-electron chi connectivity index (χ1n) is 9.44. The smallest absolute Gasteiger partial charge is 0.407 e. The van der Waals surface area contributed by atoms with Gasteiger partial charge >= 0.3 is 6.09 Å². The Balaban J connectivity index is 0.00000364. The fourth-order valence-corrected chi connectivity index (χ4v) is 3.01. The molecule has 27 heavy (non-hydrogen) atoms. The fraction of sp³-hybridized carbons (Fsp3) is 0.600. The molecule has 1 aromatic rings. The lowest BCUT2D eigenvalue weighted by molar-refractivity contribution is 0.0529. The summed E-state index contributed by atoms with van der Waals surface area (Å²) in [6, 6.07) is 10.6. The number of amides is 1. The molecule has 7 heteroatoms. The molecule has 6 nitrogen and oxygen atoms in total. The number of likely N-dealkylation sites (tertiary alicyclic amines) is 1. The van der Waals surface area contributed by atoms with Gasteiger partial charge in [0, 0.05) is 32.1 Å². The molecule has 0 aliphatic carbocycles. The number of ether oxygens (including phenoxy) is 1. The van der Waals surface area contributed by atoms with E-state index >= 15 is 0 Å². The number of rotatable bonds is 5. The van der Waals surface area contributed by atoms with Crippen molar-refractivity contribution in [1.82, 2.24) is 15.5 Å². The summed E-state index contributed by atoms with van der Waals surface area (Å²) in [6.07, 6.45) is 0.730. The molecule has 152 valence electrons. The van der Waals surface area contributed by atoms with Crippen LogP contribution in [0.2, 0.25) is 0 Å². The Morgan fingerprint density at radius 3 is 2.59 bits per heavy atom. The summed E-state index contributed by atoms with van der Waals surface area (Å²) in [7, 11) is 0. The second kappa shape index (κ2) is 11.4. The minimum absolute atomic E-state index is 0. The molecule has 1 atom stereocenters. The first-order valence-corrected chi connectivity index (χ1v) is 9.44. The Morgan fingerprint density at radius 1 is 1.26 bits per heavy atom. The Kier molecular flexibility index (Phi) is 9.90. The predicted octanol–water partition coefficient (Wildman–Crippen LogP) is 3.58. The molecular weight excluding hydrogens is 455 g/mol. The number of nitrogens with one attached hydrogen (secondary N) is 2. The number of guanidine groups is 1. The second-order valence-electron chi connectivity index (χ2n) is 7.51. The van der Waals surface area contributed by atoms with Crippen molar-refractivity contribution in [3.63, 3.8) is 0 Å². The van der Waals surface area contributed by atoms with E-state index in [-0.39, 0.29) is 24.0 Å². The minimum atomic E-state index is -0.482. The van der Waals surface area contributed by atoms with Crippen LogP contribution in [0.5, 0.6) is 0 Å². The van der Waals surface area contributed by atoms with Crippen molar-refractivity contribution in [3.05, 3.63) is 35.9 Å². The van der Waals surface area contributed by atoms with Crippen LogP contribution in [0, 0.1) is 0 Å². The van der Waals surface area contributed by atoms with E-state index in [0.29, 0.717) is 19.0 Å². The lowest BCUT2D eigenvalue weighted by Crippen LogP contribution is -2.40. The van der Waals surface area contributed by atoms with Crippen molar-refractivity contribution in [2.75, 3.05) is 32.7 Å². The third-order valence-electron chi connectivity index (χ3n) is 4.14. The normalized spacial score (nSPS) is 17.3. The molecule has 0 aromatic heterocycles. The topological polar surface area (TPSA) is 66.0 Å². The molecule has 1 unspecified atom stereocenters. The van der Waals surface area contributed by atoms with Gasteiger partial charge in [0.05, 0.1) is 6.54 Å². The average Bonchev–Trinajstić information content (AvgIpc) is 3.07. The van der Waals surface area contributed by atoms with Gasteiger partial charge in [0.1, 0.15) is 5.60 Å². The van der Waals surface area contributed by atoms with Crippen LogP contribution in [0.3, 0.4) is 0 Å². The molecule has 0 radical (unpaired) electrons. The van der Waals surface area contributed by atoms with E-state index in [9.17, 15) is 4.79 Å². The molecule has 2 N–H and O–H groups in total. The van der Waals surface area contributed by atoms with Gasteiger partial charge in [0.25, 0.3) is 0 Å². The highest BCUT2D eigenvalue weighted by Gasteiger charge is 2.25. The van der Waals surface area contributed by atoms with Crippen molar-refractivity contribution in [2.24, 2.45) is 4.99 Å². The number of nitrogens with zero attached hydrogens (tertiary/aromatic N) is 2. The lowest BCUT2D eigenvalue weighted by Gasteiger charge is -2.22. The van der Waals surface area contributed by atoms with E-state index in [1.165, 1.54) is 5.56 Å². The SMILES string of the molecule is CCNC(=NCCNC(=O)OC(C)(C)C)N1CCC(c2ccccc2)C1.I. The predicted molar refractivity (Wildman–Crippen MR) is 121 cm³/mol. The van der Waals surface area contributed by atoms with Crippen molar-refractivity contribution >= 4 is 36.0 Å². The number of halogens is 1. The maximum Gasteiger partial charge on any atom is 0.407 e. The molecule has 2 rings (SSSR count). The number of hydrogen-bond donors (Lipinski definition) is 2. The molecule has 1 aromatic carbocycles. The molecule has 1 heterocycles. The average molecular weight is 488 g/mol. The van der Waals surface area contributed by atoms with Crippen molar-refractivity contribution in [2.45, 2.75) is 45.6 Å². The molecule has 1 fully saturated rings. The van der Waals surface area contributed by atoms with Crippen molar-refractivity contribution < 1.29 is 9.53 Å². The van der Waals surface area contributed by atoms with Crippen LogP contribution in [0.15, 0.2) is 35.3 Å². The van der Waals surface area contributed by atoms with Crippen LogP contribution in [0.1, 0.15) is 45.6 Å². The van der Waals surface area contributed by atoms with Crippen LogP contribution < -0.4 is 10.6 Å². The zero-order valence-corrected chi connectivity index (χ0v) is 19.2.